The number of benzene rings is 1. The standard InChI is InChI=1S/C13H15BrN2.C9H11NO.C2H6.CH3.K/c14-13-6-7-15-11-12(13)5-4-10-16-8-2-1-3-9-16;1-10(2)9(11)8-6-4-3-5-7-8;1-2;;/h5-7H,1-3,8-10H2;3-7H,1-2H3;1-2H3;1H3;/q-2;;;-1;+1. The minimum atomic E-state index is 0. The molecule has 1 aliphatic heterocycles. The Hall–Kier alpha value is -0.344. The molecule has 0 radical (unpaired) electrons. The normalized spacial score (nSPS) is 12.8. The second-order valence-corrected chi connectivity index (χ2v) is 7.42. The van der Waals surface area contributed by atoms with E-state index in [0.717, 1.165) is 22.1 Å². The molecule has 4 nitrogen and oxygen atoms in total. The average molecular weight is 513 g/mol. The second kappa shape index (κ2) is 20.3. The number of pyridine rings is 1. The van der Waals surface area contributed by atoms with Crippen molar-refractivity contribution in [1.29, 1.82) is 0 Å². The van der Waals surface area contributed by atoms with Gasteiger partial charge in [-0.25, -0.2) is 0 Å². The molecule has 2 aromatic rings. The third-order valence-electron chi connectivity index (χ3n) is 4.17. The second-order valence-electron chi connectivity index (χ2n) is 6.57. The van der Waals surface area contributed by atoms with Crippen LogP contribution in [0.2, 0.25) is 0 Å². The smallest absolute Gasteiger partial charge is 0.380 e. The van der Waals surface area contributed by atoms with Crippen LogP contribution in [0.15, 0.2) is 47.1 Å². The van der Waals surface area contributed by atoms with Crippen LogP contribution in [0, 0.1) is 19.7 Å². The summed E-state index contributed by atoms with van der Waals surface area (Å²) < 4.78 is 1.02. The summed E-state index contributed by atoms with van der Waals surface area (Å²) >= 11 is 3.47. The van der Waals surface area contributed by atoms with Gasteiger partial charge in [0.1, 0.15) is 0 Å². The molecule has 1 amide bonds. The van der Waals surface area contributed by atoms with E-state index in [9.17, 15) is 4.79 Å². The van der Waals surface area contributed by atoms with Crippen LogP contribution in [0.25, 0.3) is 6.08 Å². The van der Waals surface area contributed by atoms with Crippen molar-refractivity contribution in [2.45, 2.75) is 33.1 Å². The molecule has 0 bridgehead atoms. The van der Waals surface area contributed by atoms with Gasteiger partial charge in [0, 0.05) is 19.7 Å². The fraction of sp³-hybridized carbons (Fsp3) is 0.400. The third kappa shape index (κ3) is 13.7. The number of piperidine rings is 1. The summed E-state index contributed by atoms with van der Waals surface area (Å²) in [5, 5.41) is 0. The molecular formula is C25H35BrKN3O-2. The van der Waals surface area contributed by atoms with Crippen LogP contribution in [0.3, 0.4) is 0 Å². The largest absolute Gasteiger partial charge is 1.00 e. The van der Waals surface area contributed by atoms with Gasteiger partial charge >= 0.3 is 51.4 Å². The van der Waals surface area contributed by atoms with Crippen molar-refractivity contribution >= 4 is 27.9 Å². The van der Waals surface area contributed by atoms with E-state index < -0.39 is 0 Å². The molecule has 1 saturated heterocycles. The minimum absolute atomic E-state index is 0. The molecule has 0 unspecified atom stereocenters. The van der Waals surface area contributed by atoms with E-state index in [1.807, 2.05) is 56.3 Å². The van der Waals surface area contributed by atoms with Gasteiger partial charge in [-0.05, 0) is 38.1 Å². The van der Waals surface area contributed by atoms with Gasteiger partial charge in [-0.3, -0.25) is 10.4 Å². The van der Waals surface area contributed by atoms with Crippen LogP contribution >= 0.6 is 15.9 Å². The van der Waals surface area contributed by atoms with E-state index in [0.29, 0.717) is 0 Å². The Morgan fingerprint density at radius 2 is 1.77 bits per heavy atom. The van der Waals surface area contributed by atoms with E-state index in [1.165, 1.54) is 32.4 Å². The molecule has 0 aliphatic carbocycles. The molecule has 3 rings (SSSR count). The van der Waals surface area contributed by atoms with Gasteiger partial charge in [-0.15, -0.1) is 32.7 Å². The first-order valence-electron chi connectivity index (χ1n) is 10.2. The van der Waals surface area contributed by atoms with E-state index in [2.05, 4.69) is 38.1 Å². The van der Waals surface area contributed by atoms with Gasteiger partial charge in [0.15, 0.2) is 0 Å². The maximum Gasteiger partial charge on any atom is 1.00 e. The number of rotatable bonds is 4. The zero-order chi connectivity index (χ0) is 21.5. The van der Waals surface area contributed by atoms with Gasteiger partial charge in [0.2, 0.25) is 0 Å². The zero-order valence-corrected chi connectivity index (χ0v) is 24.7. The van der Waals surface area contributed by atoms with Gasteiger partial charge < -0.3 is 34.4 Å². The predicted octanol–water partition coefficient (Wildman–Crippen LogP) is 2.82. The Morgan fingerprint density at radius 1 is 1.16 bits per heavy atom. The van der Waals surface area contributed by atoms with E-state index >= 15 is 0 Å². The van der Waals surface area contributed by atoms with E-state index in [-0.39, 0.29) is 64.7 Å². The molecule has 6 heteroatoms. The Balaban J connectivity index is 0. The zero-order valence-electron chi connectivity index (χ0n) is 20.0. The van der Waals surface area contributed by atoms with Crippen LogP contribution in [-0.2, 0) is 0 Å². The molecule has 2 heterocycles. The first-order chi connectivity index (χ1) is 14.1. The number of halogens is 1. The topological polar surface area (TPSA) is 36.4 Å². The first-order valence-corrected chi connectivity index (χ1v) is 10.9. The molecule has 0 spiro atoms. The van der Waals surface area contributed by atoms with E-state index in [4.69, 9.17) is 0 Å². The molecule has 1 fully saturated rings. The summed E-state index contributed by atoms with van der Waals surface area (Å²) in [6.45, 7) is 7.33. The fourth-order valence-electron chi connectivity index (χ4n) is 2.69. The molecule has 1 aromatic carbocycles. The Bertz CT molecular complexity index is 733. The van der Waals surface area contributed by atoms with E-state index in [1.54, 1.807) is 25.2 Å². The summed E-state index contributed by atoms with van der Waals surface area (Å²) in [5.74, 6) is 0.0469. The molecule has 0 atom stereocenters. The van der Waals surface area contributed by atoms with Crippen molar-refractivity contribution in [1.82, 2.24) is 14.8 Å². The number of carbonyl (C=O) groups excluding carboxylic acids is 1. The van der Waals surface area contributed by atoms with Crippen LogP contribution in [-0.4, -0.2) is 54.4 Å². The molecule has 1 aliphatic rings. The number of aromatic nitrogens is 1. The van der Waals surface area contributed by atoms with Crippen molar-refractivity contribution < 1.29 is 56.2 Å². The van der Waals surface area contributed by atoms with Crippen molar-refractivity contribution in [2.24, 2.45) is 0 Å². The van der Waals surface area contributed by atoms with Gasteiger partial charge in [-0.2, -0.15) is 0 Å². The molecule has 31 heavy (non-hydrogen) atoms. The summed E-state index contributed by atoms with van der Waals surface area (Å²) in [6.07, 6.45) is 14.0. The number of nitrogens with zero attached hydrogens (tertiary/aromatic N) is 3. The van der Waals surface area contributed by atoms with Crippen molar-refractivity contribution in [2.75, 3.05) is 33.7 Å². The van der Waals surface area contributed by atoms with Crippen LogP contribution in [0.1, 0.15) is 49.0 Å². The average Bonchev–Trinajstić information content (AvgIpc) is 2.78. The number of carbonyl (C=O) groups is 1. The van der Waals surface area contributed by atoms with Crippen molar-refractivity contribution in [3.05, 3.63) is 77.9 Å². The van der Waals surface area contributed by atoms with Crippen molar-refractivity contribution in [3.63, 3.8) is 0 Å². The minimum Gasteiger partial charge on any atom is -0.380 e. The van der Waals surface area contributed by atoms with Crippen LogP contribution in [0.5, 0.6) is 0 Å². The fourth-order valence-corrected chi connectivity index (χ4v) is 3.01. The monoisotopic (exact) mass is 511 g/mol. The SMILES string of the molecule is Brc1ccn[c-]c1C=[C-]CN1CCCCC1.CC.CN(C)C(=O)c1ccccc1.[CH3-].[K+]. The van der Waals surface area contributed by atoms with Crippen molar-refractivity contribution in [3.8, 4) is 0 Å². The summed E-state index contributed by atoms with van der Waals surface area (Å²) in [6, 6.07) is 11.1. The summed E-state index contributed by atoms with van der Waals surface area (Å²) in [5.41, 5.74) is 1.71. The van der Waals surface area contributed by atoms with Gasteiger partial charge in [0.25, 0.3) is 5.91 Å². The molecule has 166 valence electrons. The third-order valence-corrected chi connectivity index (χ3v) is 4.87. The maximum atomic E-state index is 11.3. The Labute approximate surface area is 241 Å². The molecule has 0 saturated carbocycles. The van der Waals surface area contributed by atoms with Gasteiger partial charge in [0.05, 0.1) is 0 Å². The Kier molecular flexibility index (Phi) is 21.5. The molecular weight excluding hydrogens is 477 g/mol. The summed E-state index contributed by atoms with van der Waals surface area (Å²) in [7, 11) is 3.49. The number of hydrogen-bond donors (Lipinski definition) is 0. The van der Waals surface area contributed by atoms with Crippen LogP contribution < -0.4 is 51.4 Å². The Morgan fingerprint density at radius 3 is 2.32 bits per heavy atom. The number of likely N-dealkylation sites (tertiary alicyclic amines) is 1. The molecule has 0 N–H and O–H groups in total. The first kappa shape index (κ1) is 32.8. The van der Waals surface area contributed by atoms with Gasteiger partial charge in [-0.1, -0.05) is 51.2 Å². The predicted molar refractivity (Wildman–Crippen MR) is 131 cm³/mol. The summed E-state index contributed by atoms with van der Waals surface area (Å²) in [4.78, 5) is 19.2. The quantitative estimate of drug-likeness (QED) is 0.467. The number of hydrogen-bond acceptors (Lipinski definition) is 3. The maximum absolute atomic E-state index is 11.3. The van der Waals surface area contributed by atoms with Crippen LogP contribution in [0.4, 0.5) is 0 Å². The molecule has 1 aromatic heterocycles. The number of amides is 1.